The predicted octanol–water partition coefficient (Wildman–Crippen LogP) is 2.79. The first-order valence-corrected chi connectivity index (χ1v) is 7.37. The van der Waals surface area contributed by atoms with Gasteiger partial charge in [-0.2, -0.15) is 0 Å². The average molecular weight is 283 g/mol. The van der Waals surface area contributed by atoms with Crippen molar-refractivity contribution in [3.8, 4) is 5.75 Å². The van der Waals surface area contributed by atoms with Gasteiger partial charge in [0, 0.05) is 12.6 Å². The van der Waals surface area contributed by atoms with Crippen LogP contribution in [0.15, 0.2) is 54.6 Å². The van der Waals surface area contributed by atoms with Gasteiger partial charge in [-0.25, -0.2) is 0 Å². The normalized spacial score (nSPS) is 18.2. The van der Waals surface area contributed by atoms with Gasteiger partial charge in [0.1, 0.15) is 5.75 Å². The van der Waals surface area contributed by atoms with Gasteiger partial charge in [-0.05, 0) is 29.7 Å². The number of ether oxygens (including phenoxy) is 2. The Balaban J connectivity index is 1.57. The molecule has 1 aliphatic rings. The summed E-state index contributed by atoms with van der Waals surface area (Å²) >= 11 is 0. The Morgan fingerprint density at radius 1 is 1.10 bits per heavy atom. The molecular formula is C18H21NO2. The molecule has 3 nitrogen and oxygen atoms in total. The fourth-order valence-electron chi connectivity index (χ4n) is 2.48. The fraction of sp³-hybridized carbons (Fsp3) is 0.333. The molecule has 2 aromatic rings. The van der Waals surface area contributed by atoms with E-state index in [2.05, 4.69) is 47.8 Å². The highest BCUT2D eigenvalue weighted by atomic mass is 16.6. The first-order valence-electron chi connectivity index (χ1n) is 7.37. The van der Waals surface area contributed by atoms with E-state index in [9.17, 15) is 0 Å². The molecular weight excluding hydrogens is 262 g/mol. The van der Waals surface area contributed by atoms with Crippen molar-refractivity contribution in [2.75, 3.05) is 13.7 Å². The SMILES string of the molecule is COc1ccc(CN[C@@H](Cc2ccccc2)[C@H]2CO2)cc1. The largest absolute Gasteiger partial charge is 0.497 e. The molecule has 3 heteroatoms. The van der Waals surface area contributed by atoms with Crippen molar-refractivity contribution in [1.82, 2.24) is 5.32 Å². The summed E-state index contributed by atoms with van der Waals surface area (Å²) in [7, 11) is 1.69. The zero-order valence-electron chi connectivity index (χ0n) is 12.3. The Labute approximate surface area is 125 Å². The number of rotatable bonds is 7. The monoisotopic (exact) mass is 283 g/mol. The van der Waals surface area contributed by atoms with Crippen LogP contribution in [0.4, 0.5) is 0 Å². The maximum absolute atomic E-state index is 5.49. The first-order chi connectivity index (χ1) is 10.3. The molecule has 2 aromatic carbocycles. The summed E-state index contributed by atoms with van der Waals surface area (Å²) in [5, 5.41) is 3.62. The van der Waals surface area contributed by atoms with E-state index in [-0.39, 0.29) is 0 Å². The van der Waals surface area contributed by atoms with E-state index in [1.165, 1.54) is 11.1 Å². The molecule has 0 aromatic heterocycles. The van der Waals surface area contributed by atoms with Crippen LogP contribution in [0.2, 0.25) is 0 Å². The summed E-state index contributed by atoms with van der Waals surface area (Å²) in [5.74, 6) is 0.894. The van der Waals surface area contributed by atoms with Gasteiger partial charge in [-0.1, -0.05) is 42.5 Å². The van der Waals surface area contributed by atoms with E-state index in [1.807, 2.05) is 12.1 Å². The number of epoxide rings is 1. The molecule has 0 spiro atoms. The third-order valence-corrected chi connectivity index (χ3v) is 3.83. The van der Waals surface area contributed by atoms with Crippen LogP contribution in [0.1, 0.15) is 11.1 Å². The van der Waals surface area contributed by atoms with E-state index in [0.29, 0.717) is 12.1 Å². The lowest BCUT2D eigenvalue weighted by atomic mass is 10.0. The van der Waals surface area contributed by atoms with Gasteiger partial charge in [0.05, 0.1) is 19.8 Å². The van der Waals surface area contributed by atoms with Crippen LogP contribution in [0, 0.1) is 0 Å². The lowest BCUT2D eigenvalue weighted by Gasteiger charge is -2.17. The fourth-order valence-corrected chi connectivity index (χ4v) is 2.48. The number of nitrogens with one attached hydrogen (secondary N) is 1. The maximum Gasteiger partial charge on any atom is 0.118 e. The van der Waals surface area contributed by atoms with Crippen LogP contribution >= 0.6 is 0 Å². The molecule has 1 heterocycles. The van der Waals surface area contributed by atoms with Gasteiger partial charge < -0.3 is 14.8 Å². The summed E-state index contributed by atoms with van der Waals surface area (Å²) in [6.45, 7) is 1.72. The van der Waals surface area contributed by atoms with Crippen LogP contribution < -0.4 is 10.1 Å². The highest BCUT2D eigenvalue weighted by Gasteiger charge is 2.32. The summed E-state index contributed by atoms with van der Waals surface area (Å²) in [6, 6.07) is 19.1. The maximum atomic E-state index is 5.49. The zero-order valence-corrected chi connectivity index (χ0v) is 12.3. The van der Waals surface area contributed by atoms with E-state index < -0.39 is 0 Å². The third kappa shape index (κ3) is 4.06. The van der Waals surface area contributed by atoms with Crippen molar-refractivity contribution in [3.63, 3.8) is 0 Å². The summed E-state index contributed by atoms with van der Waals surface area (Å²) < 4.78 is 10.7. The van der Waals surface area contributed by atoms with Crippen molar-refractivity contribution >= 4 is 0 Å². The van der Waals surface area contributed by atoms with E-state index in [0.717, 1.165) is 25.3 Å². The van der Waals surface area contributed by atoms with E-state index in [4.69, 9.17) is 9.47 Å². The molecule has 1 aliphatic heterocycles. The van der Waals surface area contributed by atoms with Crippen molar-refractivity contribution in [3.05, 3.63) is 65.7 Å². The van der Waals surface area contributed by atoms with Gasteiger partial charge >= 0.3 is 0 Å². The third-order valence-electron chi connectivity index (χ3n) is 3.83. The minimum Gasteiger partial charge on any atom is -0.497 e. The molecule has 1 fully saturated rings. The highest BCUT2D eigenvalue weighted by Crippen LogP contribution is 2.19. The van der Waals surface area contributed by atoms with Crippen LogP contribution in [0.3, 0.4) is 0 Å². The molecule has 2 atom stereocenters. The summed E-state index contributed by atoms with van der Waals surface area (Å²) in [4.78, 5) is 0. The molecule has 110 valence electrons. The van der Waals surface area contributed by atoms with Gasteiger partial charge in [0.2, 0.25) is 0 Å². The molecule has 0 unspecified atom stereocenters. The number of benzene rings is 2. The van der Waals surface area contributed by atoms with Crippen LogP contribution in [0.25, 0.3) is 0 Å². The molecule has 0 amide bonds. The van der Waals surface area contributed by atoms with Gasteiger partial charge in [-0.15, -0.1) is 0 Å². The molecule has 21 heavy (non-hydrogen) atoms. The summed E-state index contributed by atoms with van der Waals surface area (Å²) in [5.41, 5.74) is 2.61. The number of methoxy groups -OCH3 is 1. The standard InChI is InChI=1S/C18H21NO2/c1-20-16-9-7-15(8-10-16)12-19-17(18-13-21-18)11-14-5-3-2-4-6-14/h2-10,17-19H,11-13H2,1H3/t17-,18+/m0/s1. The second-order valence-corrected chi connectivity index (χ2v) is 5.40. The Morgan fingerprint density at radius 3 is 2.43 bits per heavy atom. The zero-order chi connectivity index (χ0) is 14.5. The Kier molecular flexibility index (Phi) is 4.53. The van der Waals surface area contributed by atoms with E-state index in [1.54, 1.807) is 7.11 Å². The Morgan fingerprint density at radius 2 is 1.81 bits per heavy atom. The molecule has 0 saturated carbocycles. The lowest BCUT2D eigenvalue weighted by Crippen LogP contribution is -2.35. The van der Waals surface area contributed by atoms with Crippen LogP contribution in [-0.2, 0) is 17.7 Å². The lowest BCUT2D eigenvalue weighted by molar-refractivity contribution is 0.337. The smallest absolute Gasteiger partial charge is 0.118 e. The molecule has 0 radical (unpaired) electrons. The Bertz CT molecular complexity index is 549. The highest BCUT2D eigenvalue weighted by molar-refractivity contribution is 5.27. The molecule has 0 aliphatic carbocycles. The number of hydrogen-bond acceptors (Lipinski definition) is 3. The van der Waals surface area contributed by atoms with Gasteiger partial charge in [-0.3, -0.25) is 0 Å². The quantitative estimate of drug-likeness (QED) is 0.793. The van der Waals surface area contributed by atoms with Crippen LogP contribution in [-0.4, -0.2) is 25.9 Å². The molecule has 1 saturated heterocycles. The minimum absolute atomic E-state index is 0.350. The summed E-state index contributed by atoms with van der Waals surface area (Å²) in [6.07, 6.45) is 1.35. The van der Waals surface area contributed by atoms with Crippen molar-refractivity contribution in [1.29, 1.82) is 0 Å². The minimum atomic E-state index is 0.350. The van der Waals surface area contributed by atoms with Crippen molar-refractivity contribution in [2.45, 2.75) is 25.1 Å². The van der Waals surface area contributed by atoms with Crippen molar-refractivity contribution in [2.24, 2.45) is 0 Å². The second kappa shape index (κ2) is 6.74. The van der Waals surface area contributed by atoms with E-state index >= 15 is 0 Å². The van der Waals surface area contributed by atoms with Crippen LogP contribution in [0.5, 0.6) is 5.75 Å². The van der Waals surface area contributed by atoms with Gasteiger partial charge in [0.25, 0.3) is 0 Å². The molecule has 0 bridgehead atoms. The average Bonchev–Trinajstić information content (AvgIpc) is 3.38. The molecule has 3 rings (SSSR count). The van der Waals surface area contributed by atoms with Crippen molar-refractivity contribution < 1.29 is 9.47 Å². The topological polar surface area (TPSA) is 33.8 Å². The van der Waals surface area contributed by atoms with Gasteiger partial charge in [0.15, 0.2) is 0 Å². The molecule has 1 N–H and O–H groups in total. The number of hydrogen-bond donors (Lipinski definition) is 1. The Hall–Kier alpha value is -1.84. The predicted molar refractivity (Wildman–Crippen MR) is 83.5 cm³/mol. The second-order valence-electron chi connectivity index (χ2n) is 5.40. The first kappa shape index (κ1) is 14.1.